The molecule has 0 spiro atoms. The number of hydrogen-bond acceptors (Lipinski definition) is 6. The number of nitrogens with zero attached hydrogens (tertiary/aromatic N) is 3. The summed E-state index contributed by atoms with van der Waals surface area (Å²) in [5, 5.41) is 2.84. The number of methoxy groups -OCH3 is 1. The van der Waals surface area contributed by atoms with Crippen molar-refractivity contribution in [3.05, 3.63) is 52.9 Å². The number of rotatable bonds is 4. The van der Waals surface area contributed by atoms with Crippen LogP contribution >= 0.6 is 11.3 Å². The summed E-state index contributed by atoms with van der Waals surface area (Å²) < 4.78 is 28.8. The molecule has 0 aliphatic carbocycles. The van der Waals surface area contributed by atoms with E-state index in [2.05, 4.69) is 10.3 Å². The van der Waals surface area contributed by atoms with Gasteiger partial charge in [0.25, 0.3) is 5.91 Å². The molecule has 10 heteroatoms. The standard InChI is InChI=1S/C24H23FN4O4S/c1-13-10-15-17(29(13)24(31)26-2)4-5-18(21(15)25)33-19-6-8-27-16-11-20(34-22(16)19)23(30)28-9-7-14(12-28)32-3/h4-6,8,10-11,14H,7,9,12H2,1-3H3,(H,26,31)/t14-/m0/s1. The van der Waals surface area contributed by atoms with Crippen LogP contribution in [0.1, 0.15) is 21.8 Å². The summed E-state index contributed by atoms with van der Waals surface area (Å²) in [6.07, 6.45) is 2.43. The van der Waals surface area contributed by atoms with E-state index < -0.39 is 5.82 Å². The number of pyridine rings is 1. The van der Waals surface area contributed by atoms with Gasteiger partial charge in [-0.25, -0.2) is 9.18 Å². The maximum absolute atomic E-state index is 15.4. The van der Waals surface area contributed by atoms with E-state index in [4.69, 9.17) is 9.47 Å². The highest BCUT2D eigenvalue weighted by atomic mass is 32.1. The van der Waals surface area contributed by atoms with Crippen molar-refractivity contribution >= 4 is 44.4 Å². The molecule has 1 saturated heterocycles. The Morgan fingerprint density at radius 1 is 1.24 bits per heavy atom. The molecule has 0 bridgehead atoms. The number of aryl methyl sites for hydroxylation is 1. The number of aromatic nitrogens is 2. The molecule has 34 heavy (non-hydrogen) atoms. The zero-order chi connectivity index (χ0) is 24.0. The number of halogens is 1. The van der Waals surface area contributed by atoms with Crippen molar-refractivity contribution in [1.82, 2.24) is 19.8 Å². The number of carbonyl (C=O) groups is 2. The number of thiophene rings is 1. The van der Waals surface area contributed by atoms with Crippen molar-refractivity contribution in [2.75, 3.05) is 27.2 Å². The number of ether oxygens (including phenoxy) is 2. The zero-order valence-electron chi connectivity index (χ0n) is 18.9. The first kappa shape index (κ1) is 22.3. The summed E-state index contributed by atoms with van der Waals surface area (Å²) in [5.41, 5.74) is 1.66. The van der Waals surface area contributed by atoms with Gasteiger partial charge in [0.1, 0.15) is 5.75 Å². The largest absolute Gasteiger partial charge is 0.453 e. The molecule has 1 N–H and O–H groups in total. The van der Waals surface area contributed by atoms with E-state index >= 15 is 4.39 Å². The number of likely N-dealkylation sites (tertiary alicyclic amines) is 1. The number of carbonyl (C=O) groups excluding carboxylic acids is 2. The molecule has 1 atom stereocenters. The fourth-order valence-electron chi connectivity index (χ4n) is 4.30. The summed E-state index contributed by atoms with van der Waals surface area (Å²) in [4.78, 5) is 31.8. The van der Waals surface area contributed by atoms with Crippen LogP contribution in [0.25, 0.3) is 21.1 Å². The Hall–Kier alpha value is -3.50. The monoisotopic (exact) mass is 482 g/mol. The topological polar surface area (TPSA) is 85.7 Å². The number of nitrogens with one attached hydrogen (secondary N) is 1. The van der Waals surface area contributed by atoms with Crippen molar-refractivity contribution in [3.8, 4) is 11.5 Å². The second kappa shape index (κ2) is 8.69. The van der Waals surface area contributed by atoms with Crippen LogP contribution in [-0.4, -0.2) is 59.7 Å². The quantitative estimate of drug-likeness (QED) is 0.462. The third-order valence-electron chi connectivity index (χ3n) is 6.06. The third kappa shape index (κ3) is 3.68. The summed E-state index contributed by atoms with van der Waals surface area (Å²) in [7, 11) is 3.17. The van der Waals surface area contributed by atoms with Gasteiger partial charge in [0.15, 0.2) is 11.6 Å². The minimum atomic E-state index is -0.566. The lowest BCUT2D eigenvalue weighted by Crippen LogP contribution is -2.29. The molecule has 2 amide bonds. The number of hydrogen-bond donors (Lipinski definition) is 1. The summed E-state index contributed by atoms with van der Waals surface area (Å²) in [6.45, 7) is 2.93. The first-order valence-corrected chi connectivity index (χ1v) is 11.6. The summed E-state index contributed by atoms with van der Waals surface area (Å²) >= 11 is 1.27. The van der Waals surface area contributed by atoms with E-state index in [0.717, 1.165) is 6.42 Å². The Morgan fingerprint density at radius 2 is 2.06 bits per heavy atom. The SMILES string of the molecule is CNC(=O)n1c(C)cc2c(F)c(Oc3ccnc4cc(C(=O)N5CC[C@H](OC)C5)sc34)ccc21. The third-order valence-corrected chi connectivity index (χ3v) is 7.18. The second-order valence-electron chi connectivity index (χ2n) is 8.12. The molecule has 3 aromatic heterocycles. The lowest BCUT2D eigenvalue weighted by atomic mass is 10.2. The fraction of sp³-hybridized carbons (Fsp3) is 0.292. The van der Waals surface area contributed by atoms with Gasteiger partial charge in [-0.1, -0.05) is 0 Å². The second-order valence-corrected chi connectivity index (χ2v) is 9.17. The highest BCUT2D eigenvalue weighted by Gasteiger charge is 2.28. The van der Waals surface area contributed by atoms with Crippen molar-refractivity contribution in [2.45, 2.75) is 19.4 Å². The van der Waals surface area contributed by atoms with Crippen LogP contribution in [0, 0.1) is 12.7 Å². The average molecular weight is 483 g/mol. The molecule has 1 aliphatic heterocycles. The van der Waals surface area contributed by atoms with Gasteiger partial charge in [-0.15, -0.1) is 11.3 Å². The van der Waals surface area contributed by atoms with Gasteiger partial charge in [0, 0.05) is 50.6 Å². The van der Waals surface area contributed by atoms with Crippen LogP contribution in [-0.2, 0) is 4.74 Å². The van der Waals surface area contributed by atoms with Gasteiger partial charge in [-0.05, 0) is 37.6 Å². The van der Waals surface area contributed by atoms with Crippen LogP contribution in [0.5, 0.6) is 11.5 Å². The van der Waals surface area contributed by atoms with Crippen molar-refractivity contribution < 1.29 is 23.5 Å². The molecule has 0 radical (unpaired) electrons. The first-order valence-electron chi connectivity index (χ1n) is 10.8. The minimum absolute atomic E-state index is 0.0258. The van der Waals surface area contributed by atoms with E-state index in [1.165, 1.54) is 29.0 Å². The molecule has 4 heterocycles. The Balaban J connectivity index is 1.48. The minimum Gasteiger partial charge on any atom is -0.453 e. The average Bonchev–Trinajstić information content (AvgIpc) is 3.57. The van der Waals surface area contributed by atoms with E-state index in [1.54, 1.807) is 49.4 Å². The van der Waals surface area contributed by atoms with E-state index in [0.29, 0.717) is 45.1 Å². The van der Waals surface area contributed by atoms with Crippen LogP contribution in [0.4, 0.5) is 9.18 Å². The predicted molar refractivity (Wildman–Crippen MR) is 127 cm³/mol. The molecular weight excluding hydrogens is 459 g/mol. The predicted octanol–water partition coefficient (Wildman–Crippen LogP) is 4.54. The molecule has 1 fully saturated rings. The van der Waals surface area contributed by atoms with Crippen molar-refractivity contribution in [2.24, 2.45) is 0 Å². The maximum atomic E-state index is 15.4. The molecule has 8 nitrogen and oxygen atoms in total. The Morgan fingerprint density at radius 3 is 2.79 bits per heavy atom. The van der Waals surface area contributed by atoms with Crippen molar-refractivity contribution in [3.63, 3.8) is 0 Å². The van der Waals surface area contributed by atoms with Gasteiger partial charge in [-0.3, -0.25) is 14.3 Å². The smallest absolute Gasteiger partial charge is 0.325 e. The normalized spacial score (nSPS) is 15.9. The summed E-state index contributed by atoms with van der Waals surface area (Å²) in [5.74, 6) is -0.209. The Labute approximate surface area is 198 Å². The maximum Gasteiger partial charge on any atom is 0.325 e. The van der Waals surface area contributed by atoms with E-state index in [9.17, 15) is 9.59 Å². The molecule has 0 unspecified atom stereocenters. The van der Waals surface area contributed by atoms with Gasteiger partial charge < -0.3 is 19.7 Å². The van der Waals surface area contributed by atoms with Crippen LogP contribution < -0.4 is 10.1 Å². The Kier molecular flexibility index (Phi) is 5.70. The fourth-order valence-corrected chi connectivity index (χ4v) is 5.33. The van der Waals surface area contributed by atoms with Crippen LogP contribution in [0.3, 0.4) is 0 Å². The molecule has 0 saturated carbocycles. The number of fused-ring (bicyclic) bond motifs is 2. The van der Waals surface area contributed by atoms with Gasteiger partial charge in [0.2, 0.25) is 0 Å². The Bertz CT molecular complexity index is 1430. The molecule has 4 aromatic rings. The van der Waals surface area contributed by atoms with Gasteiger partial charge in [0.05, 0.1) is 26.7 Å². The highest BCUT2D eigenvalue weighted by Crippen LogP contribution is 2.38. The zero-order valence-corrected chi connectivity index (χ0v) is 19.7. The van der Waals surface area contributed by atoms with E-state index in [-0.39, 0.29) is 29.2 Å². The van der Waals surface area contributed by atoms with Gasteiger partial charge >= 0.3 is 6.03 Å². The van der Waals surface area contributed by atoms with Crippen LogP contribution in [0.15, 0.2) is 36.5 Å². The number of benzene rings is 1. The summed E-state index contributed by atoms with van der Waals surface area (Å²) in [6, 6.07) is 7.80. The highest BCUT2D eigenvalue weighted by molar-refractivity contribution is 7.21. The van der Waals surface area contributed by atoms with Gasteiger partial charge in [-0.2, -0.15) is 0 Å². The number of amides is 2. The van der Waals surface area contributed by atoms with E-state index in [1.807, 2.05) is 0 Å². The first-order chi connectivity index (χ1) is 16.4. The lowest BCUT2D eigenvalue weighted by molar-refractivity contribution is 0.0728. The molecular formula is C24H23FN4O4S. The molecule has 5 rings (SSSR count). The molecule has 1 aliphatic rings. The molecule has 176 valence electrons. The van der Waals surface area contributed by atoms with Crippen LogP contribution in [0.2, 0.25) is 0 Å². The van der Waals surface area contributed by atoms with Crippen molar-refractivity contribution in [1.29, 1.82) is 0 Å². The molecule has 1 aromatic carbocycles. The lowest BCUT2D eigenvalue weighted by Gasteiger charge is -2.14.